The average molecular weight is 879 g/mol. The van der Waals surface area contributed by atoms with Crippen molar-refractivity contribution in [3.8, 4) is 47.4 Å². The Kier molecular flexibility index (Phi) is 30.3. The van der Waals surface area contributed by atoms with Gasteiger partial charge >= 0.3 is 0 Å². The summed E-state index contributed by atoms with van der Waals surface area (Å²) in [6.07, 6.45) is 38.6. The highest BCUT2D eigenvalue weighted by atomic mass is 79.9. The van der Waals surface area contributed by atoms with Crippen molar-refractivity contribution in [2.24, 2.45) is 0 Å². The van der Waals surface area contributed by atoms with E-state index in [2.05, 4.69) is 116 Å². The van der Waals surface area contributed by atoms with Gasteiger partial charge in [-0.3, -0.25) is 9.97 Å². The summed E-state index contributed by atoms with van der Waals surface area (Å²) in [6.45, 7) is 2.20. The zero-order chi connectivity index (χ0) is 36.7. The average Bonchev–Trinajstić information content (AvgIpc) is 3.20. The zero-order valence-corrected chi connectivity index (χ0v) is 35.8. The second-order valence-electron chi connectivity index (χ2n) is 13.7. The van der Waals surface area contributed by atoms with Crippen LogP contribution in [-0.4, -0.2) is 9.97 Å². The topological polar surface area (TPSA) is 33.5 Å². The minimum Gasteiger partial charge on any atom is -1.00 e. The minimum absolute atomic E-state index is 0. The Hall–Kier alpha value is -4.20. The van der Waals surface area contributed by atoms with Crippen molar-refractivity contribution >= 4 is 0 Å². The minimum atomic E-state index is 0. The maximum atomic E-state index is 4.04. The maximum Gasteiger partial charge on any atom is 0.184 e. The molecule has 0 unspecified atom stereocenters. The smallest absolute Gasteiger partial charge is 0.184 e. The third-order valence-corrected chi connectivity index (χ3v) is 9.01. The molecular weight excluding hydrogens is 816 g/mol. The van der Waals surface area contributed by atoms with Crippen molar-refractivity contribution < 1.29 is 43.1 Å². The molecule has 0 aliphatic carbocycles. The molecule has 0 saturated carbocycles. The second kappa shape index (κ2) is 34.1. The normalized spacial score (nSPS) is 13.1. The van der Waals surface area contributed by atoms with E-state index in [-0.39, 0.29) is 41.4 Å². The summed E-state index contributed by atoms with van der Waals surface area (Å²) >= 11 is 0. The summed E-state index contributed by atoms with van der Waals surface area (Å²) in [5, 5.41) is 0. The van der Waals surface area contributed by atoms with Gasteiger partial charge < -0.3 is 34.0 Å². The quantitative estimate of drug-likeness (QED) is 0.167. The van der Waals surface area contributed by atoms with Gasteiger partial charge in [-0.25, -0.2) is 9.13 Å². The van der Waals surface area contributed by atoms with Crippen LogP contribution in [-0.2, 0) is 13.1 Å². The molecule has 56 heavy (non-hydrogen) atoms. The van der Waals surface area contributed by atoms with Crippen LogP contribution in [0.4, 0.5) is 0 Å². The molecule has 0 saturated heterocycles. The number of unbranched alkanes of at least 4 members (excludes halogenated alkanes) is 5. The predicted octanol–water partition coefficient (Wildman–Crippen LogP) is 4.61. The van der Waals surface area contributed by atoms with E-state index in [1.165, 1.54) is 83.5 Å². The summed E-state index contributed by atoms with van der Waals surface area (Å²) in [4.78, 5) is 8.09. The molecule has 1 aliphatic heterocycles. The molecule has 5 rings (SSSR count). The van der Waals surface area contributed by atoms with E-state index in [1.54, 1.807) is 24.8 Å². The molecule has 4 nitrogen and oxygen atoms in total. The molecule has 4 bridgehead atoms. The summed E-state index contributed by atoms with van der Waals surface area (Å²) < 4.78 is 4.61. The lowest BCUT2D eigenvalue weighted by Gasteiger charge is -2.01. The van der Waals surface area contributed by atoms with E-state index >= 15 is 0 Å². The van der Waals surface area contributed by atoms with E-state index < -0.39 is 0 Å². The van der Waals surface area contributed by atoms with E-state index in [1.807, 2.05) is 24.3 Å². The lowest BCUT2D eigenvalue weighted by atomic mass is 10.1. The van der Waals surface area contributed by atoms with Crippen LogP contribution in [0.15, 0.2) is 98.1 Å². The Morgan fingerprint density at radius 1 is 0.518 bits per heavy atom. The van der Waals surface area contributed by atoms with Gasteiger partial charge in [0.15, 0.2) is 24.8 Å². The summed E-state index contributed by atoms with van der Waals surface area (Å²) in [6, 6.07) is 16.3. The van der Waals surface area contributed by atoms with E-state index in [0.29, 0.717) is 0 Å². The van der Waals surface area contributed by atoms with Gasteiger partial charge in [-0.15, -0.1) is 0 Å². The van der Waals surface area contributed by atoms with Gasteiger partial charge in [0.25, 0.3) is 0 Å². The van der Waals surface area contributed by atoms with Crippen LogP contribution in [0.5, 0.6) is 0 Å². The zero-order valence-electron chi connectivity index (χ0n) is 32.6. The van der Waals surface area contributed by atoms with Crippen LogP contribution >= 0.6 is 0 Å². The molecule has 0 N–H and O–H groups in total. The van der Waals surface area contributed by atoms with Gasteiger partial charge in [-0.2, -0.15) is 0 Å². The Balaban J connectivity index is 0.000000559. The van der Waals surface area contributed by atoms with E-state index in [9.17, 15) is 0 Å². The first-order valence-electron chi connectivity index (χ1n) is 20.1. The molecule has 0 radical (unpaired) electrons. The molecular formula is C50H62Br2N4. The van der Waals surface area contributed by atoms with Gasteiger partial charge in [0.05, 0.1) is 11.1 Å². The molecule has 1 aliphatic rings. The maximum absolute atomic E-state index is 4.04. The Morgan fingerprint density at radius 3 is 1.38 bits per heavy atom. The Bertz CT molecular complexity index is 1710. The molecule has 5 heterocycles. The van der Waals surface area contributed by atoms with Gasteiger partial charge in [-0.05, 0) is 74.9 Å². The largest absolute Gasteiger partial charge is 1.00 e. The number of rotatable bonds is 5. The molecule has 4 aromatic heterocycles. The molecule has 0 atom stereocenters. The molecule has 0 spiro atoms. The number of fused-ring (bicyclic) bond motifs is 4. The molecule has 296 valence electrons. The highest BCUT2D eigenvalue weighted by Crippen LogP contribution is 2.09. The van der Waals surface area contributed by atoms with Gasteiger partial charge in [0, 0.05) is 86.6 Å². The fourth-order valence-electron chi connectivity index (χ4n) is 6.03. The first-order chi connectivity index (χ1) is 26.3. The van der Waals surface area contributed by atoms with Crippen LogP contribution in [0.3, 0.4) is 0 Å². The number of hydrogen-bond donors (Lipinski definition) is 0. The highest BCUT2D eigenvalue weighted by molar-refractivity contribution is 5.32. The number of aromatic nitrogens is 4. The van der Waals surface area contributed by atoms with E-state index in [0.717, 1.165) is 73.9 Å². The summed E-state index contributed by atoms with van der Waals surface area (Å²) in [7, 11) is 0. The van der Waals surface area contributed by atoms with Crippen molar-refractivity contribution in [3.05, 3.63) is 120 Å². The third-order valence-electron chi connectivity index (χ3n) is 9.01. The summed E-state index contributed by atoms with van der Waals surface area (Å²) in [5.41, 5.74) is 4.27. The number of nitrogens with zero attached hydrogens (tertiary/aromatic N) is 4. The van der Waals surface area contributed by atoms with Crippen LogP contribution in [0.25, 0.3) is 0 Å². The number of hydrogen-bond acceptors (Lipinski definition) is 2. The lowest BCUT2D eigenvalue weighted by molar-refractivity contribution is -0.697. The fraction of sp³-hybridized carbons (Fsp3) is 0.440. The number of halogens is 2. The van der Waals surface area contributed by atoms with Gasteiger partial charge in [0.1, 0.15) is 13.1 Å². The van der Waals surface area contributed by atoms with Crippen molar-refractivity contribution in [2.75, 3.05) is 0 Å². The van der Waals surface area contributed by atoms with Crippen LogP contribution < -0.4 is 43.1 Å². The van der Waals surface area contributed by atoms with Gasteiger partial charge in [0.2, 0.25) is 0 Å². The highest BCUT2D eigenvalue weighted by Gasteiger charge is 2.03. The van der Waals surface area contributed by atoms with Crippen molar-refractivity contribution in [1.82, 2.24) is 9.97 Å². The Morgan fingerprint density at radius 2 is 0.946 bits per heavy atom. The van der Waals surface area contributed by atoms with Gasteiger partial charge in [-0.1, -0.05) is 99.7 Å². The number of aryl methyl sites for hydroxylation is 2. The van der Waals surface area contributed by atoms with Crippen molar-refractivity contribution in [1.29, 1.82) is 0 Å². The molecule has 6 heteroatoms. The third kappa shape index (κ3) is 24.3. The summed E-state index contributed by atoms with van der Waals surface area (Å²) in [5.74, 6) is 26.1. The predicted molar refractivity (Wildman–Crippen MR) is 224 cm³/mol. The first-order valence-corrected chi connectivity index (χ1v) is 20.1. The second-order valence-corrected chi connectivity index (χ2v) is 13.7. The standard InChI is InChI=1S/C29H38N2.C20H20N2.CH4.2BrH/c1-2-5-9-13-19-29-21-17-25-31(27-29)23-15-11-7-3-6-10-14-22-30-24-16-20-28(26-30)18-12-8-4-1;1(3-5-7-11-19-13-9-15-21-17-19)2-4-6-8-12-20-14-10-16-22-18-20;;;/h16-17,20-21,24-27H,1-11,14-15,22-23H2;9-10,13-18H,1-6H2;1H4;2*1H/q+2;;;;/p-2. The van der Waals surface area contributed by atoms with Crippen molar-refractivity contribution in [2.45, 2.75) is 143 Å². The molecule has 0 fully saturated rings. The SMILES string of the molecule is C.C(#Cc1cccnc1)CCCCCCC#Cc1cccnc1.C1#Cc2ccc[n+](c2)CCCCCCCCC[n+]2cccc(c2)C#CCCCCCC1.[Br-].[Br-]. The molecule has 0 aromatic carbocycles. The monoisotopic (exact) mass is 876 g/mol. The van der Waals surface area contributed by atoms with Crippen LogP contribution in [0.2, 0.25) is 0 Å². The number of pyridine rings is 4. The van der Waals surface area contributed by atoms with E-state index in [4.69, 9.17) is 0 Å². The Labute approximate surface area is 361 Å². The lowest BCUT2D eigenvalue weighted by Crippen LogP contribution is -3.00. The molecule has 4 aromatic rings. The van der Waals surface area contributed by atoms with Crippen LogP contribution in [0.1, 0.15) is 152 Å². The molecule has 0 amide bonds. The fourth-order valence-corrected chi connectivity index (χ4v) is 6.03. The first kappa shape index (κ1) is 49.8. The van der Waals surface area contributed by atoms with Crippen LogP contribution in [0, 0.1) is 47.4 Å². The van der Waals surface area contributed by atoms with Crippen molar-refractivity contribution in [3.63, 3.8) is 0 Å².